The Labute approximate surface area is 113 Å². The first kappa shape index (κ1) is 13.8. The first-order valence-electron chi connectivity index (χ1n) is 6.68. The fourth-order valence-corrected chi connectivity index (χ4v) is 2.43. The molecule has 0 bridgehead atoms. The van der Waals surface area contributed by atoms with E-state index in [0.717, 1.165) is 25.7 Å². The summed E-state index contributed by atoms with van der Waals surface area (Å²) in [5.41, 5.74) is 0.543. The van der Waals surface area contributed by atoms with Gasteiger partial charge < -0.3 is 14.7 Å². The monoisotopic (exact) mass is 264 g/mol. The van der Waals surface area contributed by atoms with Crippen LogP contribution in [-0.2, 0) is 0 Å². The Morgan fingerprint density at radius 1 is 1.47 bits per heavy atom. The molecule has 5 heteroatoms. The van der Waals surface area contributed by atoms with E-state index in [0.29, 0.717) is 18.0 Å². The minimum absolute atomic E-state index is 0.0231. The Hall–Kier alpha value is -1.62. The number of ether oxygens (including phenoxy) is 1. The fraction of sp³-hybridized carbons (Fsp3) is 0.571. The first-order valence-corrected chi connectivity index (χ1v) is 6.68. The maximum absolute atomic E-state index is 12.5. The van der Waals surface area contributed by atoms with Crippen molar-refractivity contribution in [1.29, 1.82) is 0 Å². The lowest BCUT2D eigenvalue weighted by molar-refractivity contribution is 0.0599. The zero-order valence-corrected chi connectivity index (χ0v) is 11.2. The number of methoxy groups -OCH3 is 1. The second-order valence-corrected chi connectivity index (χ2v) is 4.77. The van der Waals surface area contributed by atoms with Crippen molar-refractivity contribution in [3.63, 3.8) is 0 Å². The molecular formula is C14H20N2O3. The van der Waals surface area contributed by atoms with Crippen LogP contribution >= 0.6 is 0 Å². The van der Waals surface area contributed by atoms with Crippen molar-refractivity contribution < 1.29 is 14.6 Å². The number of aliphatic hydroxyl groups is 1. The predicted octanol–water partition coefficient (Wildman–Crippen LogP) is 1.47. The molecule has 19 heavy (non-hydrogen) atoms. The normalized spacial score (nSPS) is 19.9. The molecule has 0 saturated carbocycles. The molecule has 0 aromatic carbocycles. The van der Waals surface area contributed by atoms with Crippen molar-refractivity contribution >= 4 is 5.91 Å². The lowest BCUT2D eigenvalue weighted by Gasteiger charge is -2.28. The average Bonchev–Trinajstić information content (AvgIpc) is 2.71. The molecule has 0 radical (unpaired) electrons. The maximum atomic E-state index is 12.5. The molecule has 1 atom stereocenters. The number of rotatable bonds is 3. The third kappa shape index (κ3) is 3.23. The van der Waals surface area contributed by atoms with E-state index in [-0.39, 0.29) is 18.6 Å². The molecular weight excluding hydrogens is 244 g/mol. The lowest BCUT2D eigenvalue weighted by Crippen LogP contribution is -2.42. The van der Waals surface area contributed by atoms with Gasteiger partial charge >= 0.3 is 0 Å². The van der Waals surface area contributed by atoms with Crippen LogP contribution in [0.15, 0.2) is 18.3 Å². The third-order valence-corrected chi connectivity index (χ3v) is 3.54. The van der Waals surface area contributed by atoms with Crippen LogP contribution < -0.4 is 4.74 Å². The van der Waals surface area contributed by atoms with Crippen LogP contribution in [0, 0.1) is 0 Å². The van der Waals surface area contributed by atoms with E-state index in [1.165, 1.54) is 6.20 Å². The molecule has 0 aliphatic carbocycles. The molecule has 1 aliphatic heterocycles. The van der Waals surface area contributed by atoms with Crippen LogP contribution in [0.3, 0.4) is 0 Å². The van der Waals surface area contributed by atoms with Gasteiger partial charge in [0.2, 0.25) is 5.88 Å². The molecule has 0 spiro atoms. The Kier molecular flexibility index (Phi) is 4.74. The Balaban J connectivity index is 2.15. The van der Waals surface area contributed by atoms with Crippen molar-refractivity contribution in [3.05, 3.63) is 23.9 Å². The summed E-state index contributed by atoms with van der Waals surface area (Å²) in [6.45, 7) is 0.728. The van der Waals surface area contributed by atoms with Gasteiger partial charge in [-0.05, 0) is 18.9 Å². The predicted molar refractivity (Wildman–Crippen MR) is 71.2 cm³/mol. The quantitative estimate of drug-likeness (QED) is 0.898. The van der Waals surface area contributed by atoms with Gasteiger partial charge in [0.1, 0.15) is 0 Å². The van der Waals surface area contributed by atoms with Crippen molar-refractivity contribution in [2.45, 2.75) is 31.7 Å². The number of likely N-dealkylation sites (tertiary alicyclic amines) is 1. The van der Waals surface area contributed by atoms with E-state index in [1.54, 1.807) is 24.1 Å². The number of hydrogen-bond acceptors (Lipinski definition) is 4. The second kappa shape index (κ2) is 6.52. The summed E-state index contributed by atoms with van der Waals surface area (Å²) in [6.07, 6.45) is 5.56. The highest BCUT2D eigenvalue weighted by Gasteiger charge is 2.25. The highest BCUT2D eigenvalue weighted by molar-refractivity contribution is 5.94. The van der Waals surface area contributed by atoms with Gasteiger partial charge in [-0.15, -0.1) is 0 Å². The largest absolute Gasteiger partial charge is 0.481 e. The zero-order valence-electron chi connectivity index (χ0n) is 11.2. The smallest absolute Gasteiger partial charge is 0.255 e. The second-order valence-electron chi connectivity index (χ2n) is 4.77. The molecule has 1 aromatic heterocycles. The van der Waals surface area contributed by atoms with Crippen LogP contribution in [-0.4, -0.2) is 47.2 Å². The number of pyridine rings is 1. The lowest BCUT2D eigenvalue weighted by atomic mass is 10.1. The Bertz CT molecular complexity index is 419. The Morgan fingerprint density at radius 2 is 2.32 bits per heavy atom. The average molecular weight is 264 g/mol. The van der Waals surface area contributed by atoms with Gasteiger partial charge in [-0.1, -0.05) is 12.8 Å². The summed E-state index contributed by atoms with van der Waals surface area (Å²) in [7, 11) is 1.54. The van der Waals surface area contributed by atoms with Gasteiger partial charge in [0.05, 0.1) is 25.3 Å². The Morgan fingerprint density at radius 3 is 2.95 bits per heavy atom. The van der Waals surface area contributed by atoms with E-state index in [2.05, 4.69) is 4.98 Å². The van der Waals surface area contributed by atoms with Gasteiger partial charge in [0, 0.05) is 18.8 Å². The minimum atomic E-state index is -0.0721. The highest BCUT2D eigenvalue weighted by atomic mass is 16.5. The van der Waals surface area contributed by atoms with Crippen LogP contribution in [0.1, 0.15) is 36.0 Å². The molecule has 1 aliphatic rings. The standard InChI is InChI=1S/C14H20N2O3/c1-19-13-7-6-11(9-15-13)14(18)16-8-4-2-3-5-12(16)10-17/h6-7,9,12,17H,2-5,8,10H2,1H3. The van der Waals surface area contributed by atoms with Crippen molar-refractivity contribution in [2.75, 3.05) is 20.3 Å². The van der Waals surface area contributed by atoms with Crippen LogP contribution in [0.25, 0.3) is 0 Å². The molecule has 1 amide bonds. The van der Waals surface area contributed by atoms with E-state index in [9.17, 15) is 9.90 Å². The zero-order chi connectivity index (χ0) is 13.7. The molecule has 1 aromatic rings. The summed E-state index contributed by atoms with van der Waals surface area (Å²) >= 11 is 0. The van der Waals surface area contributed by atoms with Crippen LogP contribution in [0.2, 0.25) is 0 Å². The maximum Gasteiger partial charge on any atom is 0.255 e. The van der Waals surface area contributed by atoms with Crippen molar-refractivity contribution in [2.24, 2.45) is 0 Å². The van der Waals surface area contributed by atoms with E-state index >= 15 is 0 Å². The van der Waals surface area contributed by atoms with Crippen LogP contribution in [0.4, 0.5) is 0 Å². The van der Waals surface area contributed by atoms with E-state index in [1.807, 2.05) is 0 Å². The molecule has 2 rings (SSSR count). The van der Waals surface area contributed by atoms with Crippen LogP contribution in [0.5, 0.6) is 5.88 Å². The fourth-order valence-electron chi connectivity index (χ4n) is 2.43. The number of aromatic nitrogens is 1. The van der Waals surface area contributed by atoms with Gasteiger partial charge in [0.15, 0.2) is 0 Å². The molecule has 5 nitrogen and oxygen atoms in total. The van der Waals surface area contributed by atoms with Gasteiger partial charge in [-0.25, -0.2) is 4.98 Å². The summed E-state index contributed by atoms with van der Waals surface area (Å²) in [4.78, 5) is 18.3. The van der Waals surface area contributed by atoms with Gasteiger partial charge in [-0.2, -0.15) is 0 Å². The number of aliphatic hydroxyl groups excluding tert-OH is 1. The molecule has 1 fully saturated rings. The molecule has 1 unspecified atom stereocenters. The third-order valence-electron chi connectivity index (χ3n) is 3.54. The summed E-state index contributed by atoms with van der Waals surface area (Å²) < 4.78 is 4.98. The van der Waals surface area contributed by atoms with Gasteiger partial charge in [-0.3, -0.25) is 4.79 Å². The molecule has 104 valence electrons. The minimum Gasteiger partial charge on any atom is -0.481 e. The number of carbonyl (C=O) groups excluding carboxylic acids is 1. The van der Waals surface area contributed by atoms with Crippen molar-refractivity contribution in [1.82, 2.24) is 9.88 Å². The first-order chi connectivity index (χ1) is 9.26. The number of nitrogens with zero attached hydrogens (tertiary/aromatic N) is 2. The van der Waals surface area contributed by atoms with E-state index in [4.69, 9.17) is 4.74 Å². The summed E-state index contributed by atoms with van der Waals surface area (Å²) in [5, 5.41) is 9.43. The topological polar surface area (TPSA) is 62.7 Å². The summed E-state index contributed by atoms with van der Waals surface area (Å²) in [5.74, 6) is 0.433. The number of carbonyl (C=O) groups is 1. The summed E-state index contributed by atoms with van der Waals surface area (Å²) in [6, 6.07) is 3.32. The highest BCUT2D eigenvalue weighted by Crippen LogP contribution is 2.19. The number of amides is 1. The molecule has 1 N–H and O–H groups in total. The number of hydrogen-bond donors (Lipinski definition) is 1. The van der Waals surface area contributed by atoms with Crippen molar-refractivity contribution in [3.8, 4) is 5.88 Å². The van der Waals surface area contributed by atoms with Gasteiger partial charge in [0.25, 0.3) is 5.91 Å². The SMILES string of the molecule is COc1ccc(C(=O)N2CCCCCC2CO)cn1. The molecule has 1 saturated heterocycles. The molecule has 2 heterocycles. The van der Waals surface area contributed by atoms with E-state index < -0.39 is 0 Å².